The Balaban J connectivity index is 1.93. The lowest BCUT2D eigenvalue weighted by Gasteiger charge is -2.22. The summed E-state index contributed by atoms with van der Waals surface area (Å²) in [4.78, 5) is 24.9. The average molecular weight is 315 g/mol. The predicted octanol–water partition coefficient (Wildman–Crippen LogP) is 3.11. The minimum Gasteiger partial charge on any atom is -0.481 e. The van der Waals surface area contributed by atoms with Gasteiger partial charge in [-0.3, -0.25) is 9.59 Å². The molecular formula is C18H21NO4. The molecule has 0 bridgehead atoms. The Hall–Kier alpha value is -2.56. The Morgan fingerprint density at radius 1 is 1.04 bits per heavy atom. The van der Waals surface area contributed by atoms with E-state index in [1.54, 1.807) is 17.2 Å². The first-order valence-electron chi connectivity index (χ1n) is 7.71. The number of carbonyl (C=O) groups excluding carboxylic acids is 1. The fraction of sp³-hybridized carbons (Fsp3) is 0.333. The van der Waals surface area contributed by atoms with Crippen molar-refractivity contribution in [3.63, 3.8) is 0 Å². The van der Waals surface area contributed by atoms with E-state index >= 15 is 0 Å². The van der Waals surface area contributed by atoms with Gasteiger partial charge in [0.1, 0.15) is 5.76 Å². The molecule has 0 aliphatic heterocycles. The van der Waals surface area contributed by atoms with Crippen molar-refractivity contribution in [3.05, 3.63) is 60.1 Å². The first kappa shape index (κ1) is 16.8. The molecule has 122 valence electrons. The normalized spacial score (nSPS) is 10.4. The van der Waals surface area contributed by atoms with Crippen molar-refractivity contribution < 1.29 is 19.1 Å². The summed E-state index contributed by atoms with van der Waals surface area (Å²) in [5.41, 5.74) is 1.04. The van der Waals surface area contributed by atoms with Crippen LogP contribution in [-0.2, 0) is 22.6 Å². The van der Waals surface area contributed by atoms with Crippen molar-refractivity contribution in [1.82, 2.24) is 4.90 Å². The molecule has 0 spiro atoms. The second-order valence-electron chi connectivity index (χ2n) is 5.38. The van der Waals surface area contributed by atoms with Crippen LogP contribution in [-0.4, -0.2) is 28.4 Å². The van der Waals surface area contributed by atoms with E-state index < -0.39 is 5.97 Å². The van der Waals surface area contributed by atoms with Crippen molar-refractivity contribution >= 4 is 11.9 Å². The predicted molar refractivity (Wildman–Crippen MR) is 85.8 cm³/mol. The maximum absolute atomic E-state index is 12.5. The van der Waals surface area contributed by atoms with Gasteiger partial charge in [-0.2, -0.15) is 0 Å². The Labute approximate surface area is 135 Å². The number of amides is 1. The van der Waals surface area contributed by atoms with E-state index in [9.17, 15) is 9.59 Å². The zero-order valence-corrected chi connectivity index (χ0v) is 13.0. The molecule has 0 saturated carbocycles. The van der Waals surface area contributed by atoms with Crippen LogP contribution in [0.3, 0.4) is 0 Å². The molecule has 1 heterocycles. The first-order chi connectivity index (χ1) is 11.1. The van der Waals surface area contributed by atoms with Crippen LogP contribution in [0.15, 0.2) is 53.1 Å². The summed E-state index contributed by atoms with van der Waals surface area (Å²) in [6.45, 7) is 0.940. The summed E-state index contributed by atoms with van der Waals surface area (Å²) in [5.74, 6) is -0.0492. The van der Waals surface area contributed by atoms with Crippen LogP contribution in [0, 0.1) is 0 Å². The molecule has 1 N–H and O–H groups in total. The van der Waals surface area contributed by atoms with Crippen molar-refractivity contribution in [2.45, 2.75) is 32.2 Å². The van der Waals surface area contributed by atoms with Crippen molar-refractivity contribution in [2.24, 2.45) is 0 Å². The van der Waals surface area contributed by atoms with Crippen LogP contribution in [0.4, 0.5) is 0 Å². The number of hydrogen-bond acceptors (Lipinski definition) is 3. The molecule has 5 heteroatoms. The van der Waals surface area contributed by atoms with E-state index in [2.05, 4.69) is 0 Å². The SMILES string of the molecule is O=C(O)CCCN(Cc1ccccc1)C(=O)CCc1ccco1. The Kier molecular flexibility index (Phi) is 6.41. The standard InChI is InChI=1S/C18H21NO4/c20-17(11-10-16-8-5-13-23-16)19(12-4-9-18(21)22)14-15-6-2-1-3-7-15/h1-3,5-8,13H,4,9-12,14H2,(H,21,22). The van der Waals surface area contributed by atoms with Gasteiger partial charge in [0.05, 0.1) is 6.26 Å². The zero-order chi connectivity index (χ0) is 16.5. The van der Waals surface area contributed by atoms with Gasteiger partial charge >= 0.3 is 5.97 Å². The van der Waals surface area contributed by atoms with Crippen molar-refractivity contribution in [2.75, 3.05) is 6.54 Å². The van der Waals surface area contributed by atoms with E-state index in [1.165, 1.54) is 0 Å². The van der Waals surface area contributed by atoms with Gasteiger partial charge in [0.15, 0.2) is 0 Å². The molecule has 1 amide bonds. The molecule has 0 aliphatic rings. The monoisotopic (exact) mass is 315 g/mol. The summed E-state index contributed by atoms with van der Waals surface area (Å²) in [6, 6.07) is 13.4. The average Bonchev–Trinajstić information content (AvgIpc) is 3.06. The molecule has 23 heavy (non-hydrogen) atoms. The molecule has 0 radical (unpaired) electrons. The van der Waals surface area contributed by atoms with E-state index in [0.29, 0.717) is 32.4 Å². The maximum Gasteiger partial charge on any atom is 0.303 e. The third-order valence-electron chi connectivity index (χ3n) is 3.55. The lowest BCUT2D eigenvalue weighted by atomic mass is 10.1. The van der Waals surface area contributed by atoms with Crippen molar-refractivity contribution in [1.29, 1.82) is 0 Å². The number of rotatable bonds is 9. The van der Waals surface area contributed by atoms with Gasteiger partial charge in [-0.15, -0.1) is 0 Å². The molecule has 0 fully saturated rings. The fourth-order valence-corrected chi connectivity index (χ4v) is 2.36. The largest absolute Gasteiger partial charge is 0.481 e. The minimum atomic E-state index is -0.840. The van der Waals surface area contributed by atoms with Gasteiger partial charge in [0, 0.05) is 32.4 Å². The third kappa shape index (κ3) is 5.98. The third-order valence-corrected chi connectivity index (χ3v) is 3.55. The minimum absolute atomic E-state index is 0.00985. The Morgan fingerprint density at radius 2 is 1.83 bits per heavy atom. The highest BCUT2D eigenvalue weighted by Crippen LogP contribution is 2.11. The van der Waals surface area contributed by atoms with E-state index in [1.807, 2.05) is 36.4 Å². The summed E-state index contributed by atoms with van der Waals surface area (Å²) in [7, 11) is 0. The molecule has 5 nitrogen and oxygen atoms in total. The number of carboxylic acid groups (broad SMARTS) is 1. The number of hydrogen-bond donors (Lipinski definition) is 1. The van der Waals surface area contributed by atoms with Crippen LogP contribution in [0.1, 0.15) is 30.6 Å². The van der Waals surface area contributed by atoms with Gasteiger partial charge in [0.25, 0.3) is 0 Å². The summed E-state index contributed by atoms with van der Waals surface area (Å²) in [5, 5.41) is 8.77. The number of nitrogens with zero attached hydrogens (tertiary/aromatic N) is 1. The highest BCUT2D eigenvalue weighted by molar-refractivity contribution is 5.76. The number of carbonyl (C=O) groups is 2. The van der Waals surface area contributed by atoms with E-state index in [4.69, 9.17) is 9.52 Å². The van der Waals surface area contributed by atoms with Crippen molar-refractivity contribution in [3.8, 4) is 0 Å². The first-order valence-corrected chi connectivity index (χ1v) is 7.71. The van der Waals surface area contributed by atoms with Gasteiger partial charge in [-0.25, -0.2) is 0 Å². The van der Waals surface area contributed by atoms with Crippen LogP contribution in [0.2, 0.25) is 0 Å². The highest BCUT2D eigenvalue weighted by Gasteiger charge is 2.15. The quantitative estimate of drug-likeness (QED) is 0.772. The maximum atomic E-state index is 12.5. The fourth-order valence-electron chi connectivity index (χ4n) is 2.36. The number of aliphatic carboxylic acids is 1. The Morgan fingerprint density at radius 3 is 2.48 bits per heavy atom. The number of carboxylic acids is 1. The smallest absolute Gasteiger partial charge is 0.303 e. The molecule has 1 aromatic heterocycles. The second-order valence-corrected chi connectivity index (χ2v) is 5.38. The van der Waals surface area contributed by atoms with Crippen LogP contribution in [0.5, 0.6) is 0 Å². The lowest BCUT2D eigenvalue weighted by molar-refractivity contribution is -0.138. The highest BCUT2D eigenvalue weighted by atomic mass is 16.4. The number of aryl methyl sites for hydroxylation is 1. The summed E-state index contributed by atoms with van der Waals surface area (Å²) >= 11 is 0. The van der Waals surface area contributed by atoms with Gasteiger partial charge < -0.3 is 14.4 Å². The molecular weight excluding hydrogens is 294 g/mol. The molecule has 2 aromatic rings. The zero-order valence-electron chi connectivity index (χ0n) is 13.0. The molecule has 0 saturated heterocycles. The molecule has 1 aromatic carbocycles. The summed E-state index contributed by atoms with van der Waals surface area (Å²) < 4.78 is 5.25. The Bertz CT molecular complexity index is 607. The number of benzene rings is 1. The molecule has 2 rings (SSSR count). The van der Waals surface area contributed by atoms with Crippen LogP contribution >= 0.6 is 0 Å². The van der Waals surface area contributed by atoms with E-state index in [-0.39, 0.29) is 12.3 Å². The van der Waals surface area contributed by atoms with Gasteiger partial charge in [-0.05, 0) is 24.1 Å². The molecule has 0 atom stereocenters. The van der Waals surface area contributed by atoms with E-state index in [0.717, 1.165) is 11.3 Å². The van der Waals surface area contributed by atoms with Gasteiger partial charge in [0.2, 0.25) is 5.91 Å². The number of furan rings is 1. The van der Waals surface area contributed by atoms with Gasteiger partial charge in [-0.1, -0.05) is 30.3 Å². The van der Waals surface area contributed by atoms with Crippen LogP contribution in [0.25, 0.3) is 0 Å². The lowest BCUT2D eigenvalue weighted by Crippen LogP contribution is -2.32. The summed E-state index contributed by atoms with van der Waals surface area (Å²) in [6.07, 6.45) is 3.02. The topological polar surface area (TPSA) is 70.8 Å². The second kappa shape index (κ2) is 8.78. The van der Waals surface area contributed by atoms with Crippen LogP contribution < -0.4 is 0 Å². The molecule has 0 aliphatic carbocycles. The molecule has 0 unspecified atom stereocenters.